The van der Waals surface area contributed by atoms with Gasteiger partial charge in [-0.05, 0) is 25.0 Å². The first-order valence-corrected chi connectivity index (χ1v) is 9.02. The molecule has 0 aliphatic heterocycles. The van der Waals surface area contributed by atoms with Crippen molar-refractivity contribution in [3.8, 4) is 5.69 Å². The normalized spacial score (nSPS) is 14.1. The molecule has 0 aliphatic rings. The Bertz CT molecular complexity index is 719. The van der Waals surface area contributed by atoms with Gasteiger partial charge in [-0.2, -0.15) is 5.10 Å². The summed E-state index contributed by atoms with van der Waals surface area (Å²) < 4.78 is 1.76. The summed E-state index contributed by atoms with van der Waals surface area (Å²) in [6.45, 7) is 10.4. The fraction of sp³-hybridized carbons (Fsp3) is 0.500. The van der Waals surface area contributed by atoms with E-state index < -0.39 is 0 Å². The number of para-hydroxylation sites is 1. The van der Waals surface area contributed by atoms with Crippen LogP contribution in [-0.4, -0.2) is 40.0 Å². The Balaban J connectivity index is 2.17. The molecule has 2 rings (SSSR count). The first-order valence-electron chi connectivity index (χ1n) is 9.02. The van der Waals surface area contributed by atoms with E-state index in [0.29, 0.717) is 5.82 Å². The summed E-state index contributed by atoms with van der Waals surface area (Å²) in [6, 6.07) is 11.7. The third kappa shape index (κ3) is 5.16. The van der Waals surface area contributed by atoms with Crippen molar-refractivity contribution < 1.29 is 9.90 Å². The molecule has 0 saturated carbocycles. The summed E-state index contributed by atoms with van der Waals surface area (Å²) in [5.74, 6) is 0.598. The minimum Gasteiger partial charge on any atom is -0.396 e. The molecule has 142 valence electrons. The van der Waals surface area contributed by atoms with Crippen molar-refractivity contribution in [3.63, 3.8) is 0 Å². The number of rotatable bonds is 7. The maximum Gasteiger partial charge on any atom is 0.239 e. The van der Waals surface area contributed by atoms with Crippen LogP contribution in [0.5, 0.6) is 0 Å². The molecule has 6 heteroatoms. The number of hydrogen-bond donors (Lipinski definition) is 3. The lowest BCUT2D eigenvalue weighted by Crippen LogP contribution is -2.39. The fourth-order valence-electron chi connectivity index (χ4n) is 2.40. The van der Waals surface area contributed by atoms with Crippen LogP contribution in [0.25, 0.3) is 5.69 Å². The van der Waals surface area contributed by atoms with E-state index in [1.807, 2.05) is 50.2 Å². The molecule has 0 radical (unpaired) electrons. The predicted octanol–water partition coefficient (Wildman–Crippen LogP) is 2.71. The van der Waals surface area contributed by atoms with Gasteiger partial charge >= 0.3 is 0 Å². The number of amides is 1. The molecule has 3 N–H and O–H groups in total. The van der Waals surface area contributed by atoms with Crippen molar-refractivity contribution >= 4 is 11.7 Å². The van der Waals surface area contributed by atoms with Gasteiger partial charge in [0.15, 0.2) is 0 Å². The highest BCUT2D eigenvalue weighted by atomic mass is 16.3. The number of nitrogens with one attached hydrogen (secondary N) is 2. The lowest BCUT2D eigenvalue weighted by molar-refractivity contribution is -0.115. The van der Waals surface area contributed by atoms with Crippen LogP contribution in [-0.2, 0) is 10.2 Å². The van der Waals surface area contributed by atoms with Crippen LogP contribution in [0.1, 0.15) is 40.3 Å². The minimum atomic E-state index is -0.139. The van der Waals surface area contributed by atoms with E-state index in [9.17, 15) is 9.90 Å². The predicted molar refractivity (Wildman–Crippen MR) is 105 cm³/mol. The Labute approximate surface area is 155 Å². The van der Waals surface area contributed by atoms with E-state index in [1.54, 1.807) is 4.68 Å². The van der Waals surface area contributed by atoms with E-state index in [4.69, 9.17) is 0 Å². The number of hydrogen-bond acceptors (Lipinski definition) is 4. The summed E-state index contributed by atoms with van der Waals surface area (Å²) in [7, 11) is 0. The molecule has 6 nitrogen and oxygen atoms in total. The molecule has 0 unspecified atom stereocenters. The van der Waals surface area contributed by atoms with Crippen LogP contribution in [0, 0.1) is 5.92 Å². The Morgan fingerprint density at radius 2 is 1.88 bits per heavy atom. The molecule has 1 aromatic carbocycles. The van der Waals surface area contributed by atoms with Crippen molar-refractivity contribution in [2.24, 2.45) is 5.92 Å². The van der Waals surface area contributed by atoms with Gasteiger partial charge in [-0.15, -0.1) is 0 Å². The topological polar surface area (TPSA) is 79.2 Å². The van der Waals surface area contributed by atoms with Crippen molar-refractivity contribution in [1.29, 1.82) is 0 Å². The number of benzene rings is 1. The van der Waals surface area contributed by atoms with Crippen LogP contribution in [0.2, 0.25) is 0 Å². The van der Waals surface area contributed by atoms with Crippen molar-refractivity contribution in [2.45, 2.75) is 46.1 Å². The van der Waals surface area contributed by atoms with Crippen molar-refractivity contribution in [2.75, 3.05) is 18.5 Å². The molecule has 26 heavy (non-hydrogen) atoms. The van der Waals surface area contributed by atoms with E-state index in [-0.39, 0.29) is 36.4 Å². The smallest absolute Gasteiger partial charge is 0.239 e. The molecule has 0 aliphatic carbocycles. The van der Waals surface area contributed by atoms with Crippen LogP contribution in [0.15, 0.2) is 36.4 Å². The standard InChI is InChI=1S/C20H30N4O2/c1-14(13-25)15(2)21-12-19(26)22-18-11-17(20(3,4)5)23-24(18)16-9-7-6-8-10-16/h6-11,14-15,21,25H,12-13H2,1-5H3,(H,22,26)/t14-,15-/m0/s1. The van der Waals surface area contributed by atoms with Gasteiger partial charge in [0.05, 0.1) is 17.9 Å². The highest BCUT2D eigenvalue weighted by Gasteiger charge is 2.21. The maximum atomic E-state index is 12.4. The average Bonchev–Trinajstić information content (AvgIpc) is 3.03. The highest BCUT2D eigenvalue weighted by Crippen LogP contribution is 2.26. The van der Waals surface area contributed by atoms with Gasteiger partial charge in [0.25, 0.3) is 0 Å². The van der Waals surface area contributed by atoms with Gasteiger partial charge in [0, 0.05) is 24.1 Å². The Morgan fingerprint density at radius 1 is 1.23 bits per heavy atom. The second-order valence-electron chi connectivity index (χ2n) is 7.79. The van der Waals surface area contributed by atoms with E-state index in [2.05, 4.69) is 36.5 Å². The van der Waals surface area contributed by atoms with Crippen LogP contribution < -0.4 is 10.6 Å². The van der Waals surface area contributed by atoms with E-state index in [1.165, 1.54) is 0 Å². The molecule has 0 bridgehead atoms. The van der Waals surface area contributed by atoms with Gasteiger partial charge < -0.3 is 15.7 Å². The SMILES string of the molecule is C[C@H](NCC(=O)Nc1cc(C(C)(C)C)nn1-c1ccccc1)[C@@H](C)CO. The Morgan fingerprint density at radius 3 is 2.46 bits per heavy atom. The molecule has 0 spiro atoms. The zero-order chi connectivity index (χ0) is 19.3. The van der Waals surface area contributed by atoms with Crippen LogP contribution >= 0.6 is 0 Å². The third-order valence-corrected chi connectivity index (χ3v) is 4.47. The maximum absolute atomic E-state index is 12.4. The molecular weight excluding hydrogens is 328 g/mol. The summed E-state index contributed by atoms with van der Waals surface area (Å²) in [4.78, 5) is 12.4. The van der Waals surface area contributed by atoms with Crippen molar-refractivity contribution in [1.82, 2.24) is 15.1 Å². The van der Waals surface area contributed by atoms with Gasteiger partial charge in [-0.3, -0.25) is 4.79 Å². The second kappa shape index (κ2) is 8.47. The summed E-state index contributed by atoms with van der Waals surface area (Å²) in [5.41, 5.74) is 1.68. The molecule has 1 amide bonds. The van der Waals surface area contributed by atoms with Crippen LogP contribution in [0.4, 0.5) is 5.82 Å². The fourth-order valence-corrected chi connectivity index (χ4v) is 2.40. The highest BCUT2D eigenvalue weighted by molar-refractivity contribution is 5.91. The number of nitrogens with zero attached hydrogens (tertiary/aromatic N) is 2. The lowest BCUT2D eigenvalue weighted by Gasteiger charge is -2.19. The average molecular weight is 358 g/mol. The molecule has 2 atom stereocenters. The van der Waals surface area contributed by atoms with Gasteiger partial charge in [0.1, 0.15) is 5.82 Å². The first-order chi connectivity index (χ1) is 12.2. The van der Waals surface area contributed by atoms with E-state index in [0.717, 1.165) is 11.4 Å². The number of carbonyl (C=O) groups is 1. The van der Waals surface area contributed by atoms with Gasteiger partial charge in [0.2, 0.25) is 5.91 Å². The Hall–Kier alpha value is -2.18. The Kier molecular flexibility index (Phi) is 6.56. The van der Waals surface area contributed by atoms with Crippen LogP contribution in [0.3, 0.4) is 0 Å². The van der Waals surface area contributed by atoms with E-state index >= 15 is 0 Å². The van der Waals surface area contributed by atoms with Gasteiger partial charge in [-0.25, -0.2) is 4.68 Å². The number of aliphatic hydroxyl groups is 1. The largest absolute Gasteiger partial charge is 0.396 e. The second-order valence-corrected chi connectivity index (χ2v) is 7.79. The molecule has 1 aromatic heterocycles. The molecular formula is C20H30N4O2. The monoisotopic (exact) mass is 358 g/mol. The molecule has 1 heterocycles. The summed E-state index contributed by atoms with van der Waals surface area (Å²) >= 11 is 0. The minimum absolute atomic E-state index is 0.0509. The summed E-state index contributed by atoms with van der Waals surface area (Å²) in [6.07, 6.45) is 0. The zero-order valence-electron chi connectivity index (χ0n) is 16.3. The third-order valence-electron chi connectivity index (χ3n) is 4.47. The van der Waals surface area contributed by atoms with Crippen molar-refractivity contribution in [3.05, 3.63) is 42.1 Å². The number of aromatic nitrogens is 2. The molecule has 0 fully saturated rings. The number of carbonyl (C=O) groups excluding carboxylic acids is 1. The summed E-state index contributed by atoms with van der Waals surface area (Å²) in [5, 5.41) is 20.0. The lowest BCUT2D eigenvalue weighted by atomic mass is 9.92. The molecule has 2 aromatic rings. The number of anilines is 1. The zero-order valence-corrected chi connectivity index (χ0v) is 16.3. The first kappa shape index (κ1) is 20.1. The molecule has 0 saturated heterocycles. The van der Waals surface area contributed by atoms with Gasteiger partial charge in [-0.1, -0.05) is 45.9 Å². The quantitative estimate of drug-likeness (QED) is 0.711. The number of aliphatic hydroxyl groups excluding tert-OH is 1.